The first-order chi connectivity index (χ1) is 13.0. The quantitative estimate of drug-likeness (QED) is 0.680. The highest BCUT2D eigenvalue weighted by molar-refractivity contribution is 5.93. The Morgan fingerprint density at radius 2 is 1.70 bits per heavy atom. The maximum atomic E-state index is 12.9. The third-order valence-corrected chi connectivity index (χ3v) is 4.11. The van der Waals surface area contributed by atoms with Crippen molar-refractivity contribution in [1.82, 2.24) is 15.3 Å². The molecule has 138 valence electrons. The van der Waals surface area contributed by atoms with E-state index in [0.717, 1.165) is 11.3 Å². The Balaban J connectivity index is 1.63. The second-order valence-corrected chi connectivity index (χ2v) is 6.47. The summed E-state index contributed by atoms with van der Waals surface area (Å²) in [5.74, 6) is 0.206. The van der Waals surface area contributed by atoms with Crippen LogP contribution < -0.4 is 10.6 Å². The number of nitrogens with zero attached hydrogens (tertiary/aromatic N) is 2. The summed E-state index contributed by atoms with van der Waals surface area (Å²) in [6.45, 7) is 4.55. The number of benzene rings is 2. The fourth-order valence-corrected chi connectivity index (χ4v) is 2.63. The molecule has 0 aliphatic carbocycles. The van der Waals surface area contributed by atoms with E-state index in [0.29, 0.717) is 24.0 Å². The van der Waals surface area contributed by atoms with E-state index >= 15 is 0 Å². The molecule has 27 heavy (non-hydrogen) atoms. The summed E-state index contributed by atoms with van der Waals surface area (Å²) in [5.41, 5.74) is 3.29. The minimum atomic E-state index is -0.305. The van der Waals surface area contributed by atoms with Crippen LogP contribution in [0.25, 0.3) is 0 Å². The van der Waals surface area contributed by atoms with Gasteiger partial charge in [-0.25, -0.2) is 14.4 Å². The van der Waals surface area contributed by atoms with Gasteiger partial charge in [-0.05, 0) is 35.2 Å². The molecule has 0 bridgehead atoms. The van der Waals surface area contributed by atoms with Gasteiger partial charge in [0.15, 0.2) is 0 Å². The Morgan fingerprint density at radius 1 is 1.04 bits per heavy atom. The molecule has 0 saturated carbocycles. The van der Waals surface area contributed by atoms with Gasteiger partial charge in [-0.15, -0.1) is 0 Å². The van der Waals surface area contributed by atoms with Gasteiger partial charge < -0.3 is 10.6 Å². The Morgan fingerprint density at radius 3 is 2.37 bits per heavy atom. The van der Waals surface area contributed by atoms with Crippen LogP contribution in [-0.4, -0.2) is 15.9 Å². The van der Waals surface area contributed by atoms with Crippen molar-refractivity contribution in [2.75, 3.05) is 5.32 Å². The van der Waals surface area contributed by atoms with E-state index in [2.05, 4.69) is 40.5 Å². The molecule has 5 nitrogen and oxygen atoms in total. The van der Waals surface area contributed by atoms with Gasteiger partial charge in [0.1, 0.15) is 5.82 Å². The van der Waals surface area contributed by atoms with Crippen LogP contribution in [0.3, 0.4) is 0 Å². The zero-order chi connectivity index (χ0) is 19.2. The summed E-state index contributed by atoms with van der Waals surface area (Å²) in [4.78, 5) is 20.7. The lowest BCUT2D eigenvalue weighted by molar-refractivity contribution is 0.0950. The molecule has 2 N–H and O–H groups in total. The van der Waals surface area contributed by atoms with E-state index in [1.54, 1.807) is 12.1 Å². The molecule has 1 amide bonds. The molecule has 0 atom stereocenters. The number of anilines is 2. The van der Waals surface area contributed by atoms with Crippen LogP contribution in [0.5, 0.6) is 0 Å². The van der Waals surface area contributed by atoms with Gasteiger partial charge in [0.25, 0.3) is 5.91 Å². The van der Waals surface area contributed by atoms with Gasteiger partial charge in [0.05, 0.1) is 5.56 Å². The van der Waals surface area contributed by atoms with Crippen molar-refractivity contribution < 1.29 is 9.18 Å². The number of hydrogen-bond donors (Lipinski definition) is 2. The van der Waals surface area contributed by atoms with Crippen molar-refractivity contribution in [3.8, 4) is 0 Å². The monoisotopic (exact) mass is 364 g/mol. The smallest absolute Gasteiger partial charge is 0.254 e. The summed E-state index contributed by atoms with van der Waals surface area (Å²) in [7, 11) is 0. The maximum absolute atomic E-state index is 12.9. The lowest BCUT2D eigenvalue weighted by Gasteiger charge is -2.13. The van der Waals surface area contributed by atoms with Crippen LogP contribution in [0.4, 0.5) is 16.0 Å². The zero-order valence-corrected chi connectivity index (χ0v) is 15.2. The fourth-order valence-electron chi connectivity index (χ4n) is 2.63. The number of hydrogen-bond acceptors (Lipinski definition) is 4. The second-order valence-electron chi connectivity index (χ2n) is 6.47. The normalized spacial score (nSPS) is 10.7. The van der Waals surface area contributed by atoms with Crippen molar-refractivity contribution in [2.24, 2.45) is 0 Å². The molecular weight excluding hydrogens is 343 g/mol. The van der Waals surface area contributed by atoms with Crippen molar-refractivity contribution in [3.05, 3.63) is 83.4 Å². The van der Waals surface area contributed by atoms with Crippen molar-refractivity contribution in [1.29, 1.82) is 0 Å². The van der Waals surface area contributed by atoms with E-state index in [1.807, 2.05) is 18.2 Å². The van der Waals surface area contributed by atoms with Crippen LogP contribution in [0.2, 0.25) is 0 Å². The number of amides is 1. The third kappa shape index (κ3) is 4.88. The summed E-state index contributed by atoms with van der Waals surface area (Å²) in [5, 5.41) is 5.96. The third-order valence-electron chi connectivity index (χ3n) is 4.11. The molecule has 0 spiro atoms. The number of halogens is 1. The summed E-state index contributed by atoms with van der Waals surface area (Å²) < 4.78 is 12.9. The van der Waals surface area contributed by atoms with E-state index in [1.165, 1.54) is 30.1 Å². The molecule has 0 radical (unpaired) electrons. The number of rotatable bonds is 6. The standard InChI is InChI=1S/C21H21FN4O/c1-14(2)18-5-3-4-6-19(18)26-21-24-12-16(13-25-21)20(27)23-11-15-7-9-17(22)10-8-15/h3-10,12-14H,11H2,1-2H3,(H,23,27)(H,24,25,26). The van der Waals surface area contributed by atoms with E-state index in [-0.39, 0.29) is 11.7 Å². The zero-order valence-electron chi connectivity index (χ0n) is 15.2. The number of aromatic nitrogens is 2. The molecule has 1 aromatic heterocycles. The largest absolute Gasteiger partial charge is 0.348 e. The van der Waals surface area contributed by atoms with Gasteiger partial charge in [-0.2, -0.15) is 0 Å². The van der Waals surface area contributed by atoms with Gasteiger partial charge in [0.2, 0.25) is 5.95 Å². The molecule has 3 rings (SSSR count). The van der Waals surface area contributed by atoms with Crippen molar-refractivity contribution in [2.45, 2.75) is 26.3 Å². The average Bonchev–Trinajstić information content (AvgIpc) is 2.68. The minimum Gasteiger partial charge on any atom is -0.348 e. The average molecular weight is 364 g/mol. The Hall–Kier alpha value is -3.28. The predicted molar refractivity (Wildman–Crippen MR) is 103 cm³/mol. The number of para-hydroxylation sites is 1. The number of nitrogens with one attached hydrogen (secondary N) is 2. The SMILES string of the molecule is CC(C)c1ccccc1Nc1ncc(C(=O)NCc2ccc(F)cc2)cn1. The van der Waals surface area contributed by atoms with Gasteiger partial charge in [-0.3, -0.25) is 4.79 Å². The molecule has 0 aliphatic rings. The molecule has 3 aromatic rings. The van der Waals surface area contributed by atoms with Crippen molar-refractivity contribution in [3.63, 3.8) is 0 Å². The number of carbonyl (C=O) groups is 1. The topological polar surface area (TPSA) is 66.9 Å². The minimum absolute atomic E-state index is 0.284. The van der Waals surface area contributed by atoms with Gasteiger partial charge in [-0.1, -0.05) is 44.2 Å². The first-order valence-corrected chi connectivity index (χ1v) is 8.73. The molecule has 0 saturated heterocycles. The predicted octanol–water partition coefficient (Wildman–Crippen LogP) is 4.41. The first kappa shape index (κ1) is 18.5. The van der Waals surface area contributed by atoms with Gasteiger partial charge in [0, 0.05) is 24.6 Å². The van der Waals surface area contributed by atoms with E-state index in [4.69, 9.17) is 0 Å². The summed E-state index contributed by atoms with van der Waals surface area (Å²) in [6, 6.07) is 14.0. The van der Waals surface area contributed by atoms with Crippen LogP contribution in [0.1, 0.15) is 41.3 Å². The highest BCUT2D eigenvalue weighted by Crippen LogP contribution is 2.25. The second kappa shape index (κ2) is 8.40. The summed E-state index contributed by atoms with van der Waals surface area (Å²) >= 11 is 0. The fraction of sp³-hybridized carbons (Fsp3) is 0.190. The molecule has 6 heteroatoms. The lowest BCUT2D eigenvalue weighted by Crippen LogP contribution is -2.23. The lowest BCUT2D eigenvalue weighted by atomic mass is 10.0. The van der Waals surface area contributed by atoms with Crippen LogP contribution in [-0.2, 0) is 6.54 Å². The highest BCUT2D eigenvalue weighted by Gasteiger charge is 2.09. The summed E-state index contributed by atoms with van der Waals surface area (Å²) in [6.07, 6.45) is 2.96. The van der Waals surface area contributed by atoms with E-state index < -0.39 is 0 Å². The molecule has 0 aliphatic heterocycles. The molecular formula is C21H21FN4O. The molecule has 1 heterocycles. The van der Waals surface area contributed by atoms with E-state index in [9.17, 15) is 9.18 Å². The van der Waals surface area contributed by atoms with Crippen molar-refractivity contribution >= 4 is 17.5 Å². The van der Waals surface area contributed by atoms with Crippen LogP contribution >= 0.6 is 0 Å². The maximum Gasteiger partial charge on any atom is 0.254 e. The molecule has 0 unspecified atom stereocenters. The first-order valence-electron chi connectivity index (χ1n) is 8.73. The van der Waals surface area contributed by atoms with Crippen LogP contribution in [0.15, 0.2) is 60.9 Å². The van der Waals surface area contributed by atoms with Gasteiger partial charge >= 0.3 is 0 Å². The Kier molecular flexibility index (Phi) is 5.76. The number of carbonyl (C=O) groups excluding carboxylic acids is 1. The van der Waals surface area contributed by atoms with Crippen LogP contribution in [0, 0.1) is 5.82 Å². The highest BCUT2D eigenvalue weighted by atomic mass is 19.1. The Labute approximate surface area is 157 Å². The molecule has 2 aromatic carbocycles. The Bertz CT molecular complexity index is 908. The molecule has 0 fully saturated rings.